The van der Waals surface area contributed by atoms with Gasteiger partial charge in [0.05, 0.1) is 10.7 Å². The highest BCUT2D eigenvalue weighted by atomic mass is 35.5. The Labute approximate surface area is 103 Å². The van der Waals surface area contributed by atoms with Crippen LogP contribution in [0.25, 0.3) is 0 Å². The van der Waals surface area contributed by atoms with Crippen LogP contribution in [0.2, 0.25) is 5.02 Å². The van der Waals surface area contributed by atoms with Crippen molar-refractivity contribution >= 4 is 17.3 Å². The van der Waals surface area contributed by atoms with Gasteiger partial charge in [-0.05, 0) is 36.8 Å². The van der Waals surface area contributed by atoms with Crippen LogP contribution in [-0.4, -0.2) is 4.98 Å². The summed E-state index contributed by atoms with van der Waals surface area (Å²) in [6.07, 6.45) is 1.63. The minimum absolute atomic E-state index is 0.173. The lowest BCUT2D eigenvalue weighted by Gasteiger charge is -2.09. The van der Waals surface area contributed by atoms with E-state index in [1.807, 2.05) is 6.92 Å². The Morgan fingerprint density at radius 2 is 2.12 bits per heavy atom. The van der Waals surface area contributed by atoms with Crippen molar-refractivity contribution in [2.75, 3.05) is 5.73 Å². The molecule has 0 atom stereocenters. The summed E-state index contributed by atoms with van der Waals surface area (Å²) in [4.78, 5) is 4.04. The number of hydrogen-bond acceptors (Lipinski definition) is 3. The molecule has 0 radical (unpaired) electrons. The van der Waals surface area contributed by atoms with Crippen LogP contribution in [0.1, 0.15) is 5.56 Å². The Morgan fingerprint density at radius 1 is 1.35 bits per heavy atom. The van der Waals surface area contributed by atoms with Crippen LogP contribution >= 0.6 is 11.6 Å². The highest BCUT2D eigenvalue weighted by Gasteiger charge is 2.08. The topological polar surface area (TPSA) is 48.1 Å². The molecule has 3 nitrogen and oxygen atoms in total. The lowest BCUT2D eigenvalue weighted by Crippen LogP contribution is -1.96. The number of nitrogens with zero attached hydrogens (tertiary/aromatic N) is 1. The minimum atomic E-state index is -0.424. The second-order valence-electron chi connectivity index (χ2n) is 3.58. The predicted molar refractivity (Wildman–Crippen MR) is 64.9 cm³/mol. The molecule has 5 heteroatoms. The van der Waals surface area contributed by atoms with Gasteiger partial charge in [0, 0.05) is 6.20 Å². The fraction of sp³-hybridized carbons (Fsp3) is 0.0833. The molecule has 1 aromatic heterocycles. The quantitative estimate of drug-likeness (QED) is 0.889. The Morgan fingerprint density at radius 3 is 2.76 bits per heavy atom. The van der Waals surface area contributed by atoms with E-state index in [1.54, 1.807) is 12.3 Å². The average molecular weight is 253 g/mol. The molecule has 0 aliphatic rings. The lowest BCUT2D eigenvalue weighted by molar-refractivity contribution is 0.464. The summed E-state index contributed by atoms with van der Waals surface area (Å²) in [5.41, 5.74) is 7.08. The van der Waals surface area contributed by atoms with Gasteiger partial charge in [0.1, 0.15) is 11.6 Å². The average Bonchev–Trinajstić information content (AvgIpc) is 2.25. The SMILES string of the molecule is Cc1cnc(Oc2ccc(F)cc2Cl)c(N)c1. The summed E-state index contributed by atoms with van der Waals surface area (Å²) in [5.74, 6) is 0.146. The van der Waals surface area contributed by atoms with Crippen molar-refractivity contribution in [3.63, 3.8) is 0 Å². The maximum Gasteiger partial charge on any atom is 0.242 e. The second-order valence-corrected chi connectivity index (χ2v) is 3.99. The zero-order chi connectivity index (χ0) is 12.4. The van der Waals surface area contributed by atoms with Crippen molar-refractivity contribution in [1.82, 2.24) is 4.98 Å². The molecule has 0 aliphatic carbocycles. The van der Waals surface area contributed by atoms with Crippen molar-refractivity contribution in [3.8, 4) is 11.6 Å². The van der Waals surface area contributed by atoms with Gasteiger partial charge in [-0.25, -0.2) is 9.37 Å². The number of nitrogen functional groups attached to an aromatic ring is 1. The van der Waals surface area contributed by atoms with Crippen LogP contribution in [0.4, 0.5) is 10.1 Å². The lowest BCUT2D eigenvalue weighted by atomic mass is 10.3. The third kappa shape index (κ3) is 2.65. The van der Waals surface area contributed by atoms with Crippen LogP contribution in [0.3, 0.4) is 0 Å². The van der Waals surface area contributed by atoms with E-state index in [-0.39, 0.29) is 10.9 Å². The smallest absolute Gasteiger partial charge is 0.242 e. The van der Waals surface area contributed by atoms with Gasteiger partial charge in [0.15, 0.2) is 0 Å². The highest BCUT2D eigenvalue weighted by molar-refractivity contribution is 6.32. The van der Waals surface area contributed by atoms with Gasteiger partial charge in [-0.3, -0.25) is 0 Å². The molecule has 1 heterocycles. The van der Waals surface area contributed by atoms with E-state index in [0.717, 1.165) is 5.56 Å². The maximum atomic E-state index is 12.8. The third-order valence-corrected chi connectivity index (χ3v) is 2.41. The number of nitrogens with two attached hydrogens (primary N) is 1. The second kappa shape index (κ2) is 4.59. The van der Waals surface area contributed by atoms with Gasteiger partial charge < -0.3 is 10.5 Å². The first kappa shape index (κ1) is 11.7. The Bertz CT molecular complexity index is 511. The summed E-state index contributed by atoms with van der Waals surface area (Å²) in [6.45, 7) is 1.87. The number of benzene rings is 1. The Hall–Kier alpha value is -1.81. The molecule has 88 valence electrons. The number of pyridine rings is 1. The predicted octanol–water partition coefficient (Wildman–Crippen LogP) is 3.56. The molecule has 1 aromatic carbocycles. The first-order valence-corrected chi connectivity index (χ1v) is 5.29. The molecule has 0 saturated heterocycles. The van der Waals surface area contributed by atoms with Gasteiger partial charge in [-0.1, -0.05) is 11.6 Å². The molecule has 0 fully saturated rings. The summed E-state index contributed by atoms with van der Waals surface area (Å²) >= 11 is 5.83. The van der Waals surface area contributed by atoms with Crippen LogP contribution in [0, 0.1) is 12.7 Å². The number of halogens is 2. The number of rotatable bonds is 2. The summed E-state index contributed by atoms with van der Waals surface area (Å²) in [7, 11) is 0. The molecule has 17 heavy (non-hydrogen) atoms. The zero-order valence-electron chi connectivity index (χ0n) is 9.08. The molecule has 2 rings (SSSR count). The van der Waals surface area contributed by atoms with E-state index < -0.39 is 5.82 Å². The molecule has 0 unspecified atom stereocenters. The first-order valence-electron chi connectivity index (χ1n) is 4.91. The van der Waals surface area contributed by atoms with E-state index in [0.29, 0.717) is 11.4 Å². The van der Waals surface area contributed by atoms with E-state index in [4.69, 9.17) is 22.1 Å². The fourth-order valence-electron chi connectivity index (χ4n) is 1.33. The standard InChI is InChI=1S/C12H10ClFN2O/c1-7-4-10(15)12(16-6-7)17-11-3-2-8(14)5-9(11)13/h2-6H,15H2,1H3. The van der Waals surface area contributed by atoms with E-state index in [2.05, 4.69) is 4.98 Å². The van der Waals surface area contributed by atoms with Crippen LogP contribution in [0.15, 0.2) is 30.5 Å². The number of hydrogen-bond donors (Lipinski definition) is 1. The summed E-state index contributed by atoms with van der Waals surface area (Å²) in [5, 5.41) is 0.173. The highest BCUT2D eigenvalue weighted by Crippen LogP contribution is 2.31. The normalized spacial score (nSPS) is 10.3. The number of anilines is 1. The van der Waals surface area contributed by atoms with Gasteiger partial charge in [-0.2, -0.15) is 0 Å². The molecular formula is C12H10ClFN2O. The van der Waals surface area contributed by atoms with Crippen molar-refractivity contribution in [2.24, 2.45) is 0 Å². The van der Waals surface area contributed by atoms with Gasteiger partial charge in [0.2, 0.25) is 5.88 Å². The Balaban J connectivity index is 2.31. The monoisotopic (exact) mass is 252 g/mol. The van der Waals surface area contributed by atoms with Gasteiger partial charge in [0.25, 0.3) is 0 Å². The molecule has 0 spiro atoms. The fourth-order valence-corrected chi connectivity index (χ4v) is 1.53. The molecule has 0 bridgehead atoms. The zero-order valence-corrected chi connectivity index (χ0v) is 9.83. The molecule has 0 aliphatic heterocycles. The molecule has 0 saturated carbocycles. The van der Waals surface area contributed by atoms with Crippen LogP contribution in [-0.2, 0) is 0 Å². The third-order valence-electron chi connectivity index (χ3n) is 2.12. The Kier molecular flexibility index (Phi) is 3.15. The molecule has 2 N–H and O–H groups in total. The molecule has 0 amide bonds. The number of aromatic nitrogens is 1. The van der Waals surface area contributed by atoms with Gasteiger partial charge in [-0.15, -0.1) is 0 Å². The van der Waals surface area contributed by atoms with Crippen molar-refractivity contribution < 1.29 is 9.13 Å². The van der Waals surface area contributed by atoms with Crippen molar-refractivity contribution in [3.05, 3.63) is 46.9 Å². The van der Waals surface area contributed by atoms with Crippen molar-refractivity contribution in [2.45, 2.75) is 6.92 Å². The number of aryl methyl sites for hydroxylation is 1. The van der Waals surface area contributed by atoms with E-state index >= 15 is 0 Å². The summed E-state index contributed by atoms with van der Waals surface area (Å²) in [6, 6.07) is 5.59. The van der Waals surface area contributed by atoms with E-state index in [9.17, 15) is 4.39 Å². The largest absolute Gasteiger partial charge is 0.435 e. The van der Waals surface area contributed by atoms with E-state index in [1.165, 1.54) is 18.2 Å². The summed E-state index contributed by atoms with van der Waals surface area (Å²) < 4.78 is 18.3. The van der Waals surface area contributed by atoms with Gasteiger partial charge >= 0.3 is 0 Å². The number of ether oxygens (including phenoxy) is 1. The maximum absolute atomic E-state index is 12.8. The van der Waals surface area contributed by atoms with Crippen LogP contribution < -0.4 is 10.5 Å². The molecule has 2 aromatic rings. The first-order chi connectivity index (χ1) is 8.06. The van der Waals surface area contributed by atoms with Crippen molar-refractivity contribution in [1.29, 1.82) is 0 Å². The molecular weight excluding hydrogens is 243 g/mol. The minimum Gasteiger partial charge on any atom is -0.435 e. The van der Waals surface area contributed by atoms with Crippen LogP contribution in [0.5, 0.6) is 11.6 Å².